The first-order valence-electron chi connectivity index (χ1n) is 5.52. The molecule has 0 radical (unpaired) electrons. The van der Waals surface area contributed by atoms with Gasteiger partial charge in [0.25, 0.3) is 0 Å². The summed E-state index contributed by atoms with van der Waals surface area (Å²) < 4.78 is 36.4. The minimum absolute atomic E-state index is 0.0170. The predicted molar refractivity (Wildman–Crippen MR) is 65.8 cm³/mol. The summed E-state index contributed by atoms with van der Waals surface area (Å²) in [5, 5.41) is 2.52. The molecule has 104 valence electrons. The monoisotopic (exact) mass is 311 g/mol. The van der Waals surface area contributed by atoms with Crippen molar-refractivity contribution in [2.24, 2.45) is 5.92 Å². The molecule has 1 aromatic carbocycles. The van der Waals surface area contributed by atoms with Gasteiger partial charge in [-0.25, -0.2) is 0 Å². The molecule has 1 amide bonds. The number of hydrogen-bond acceptors (Lipinski definition) is 1. The van der Waals surface area contributed by atoms with Crippen molar-refractivity contribution < 1.29 is 18.0 Å². The molecule has 2 rings (SSSR count). The SMILES string of the molecule is O=C(NCc1cccc(C(F)(F)F)c1)C1CC1(Cl)Cl. The average molecular weight is 312 g/mol. The summed E-state index contributed by atoms with van der Waals surface area (Å²) in [4.78, 5) is 11.6. The molecule has 1 fully saturated rings. The van der Waals surface area contributed by atoms with Gasteiger partial charge in [-0.2, -0.15) is 13.2 Å². The molecule has 1 saturated carbocycles. The number of alkyl halides is 5. The van der Waals surface area contributed by atoms with E-state index < -0.39 is 22.0 Å². The van der Waals surface area contributed by atoms with Crippen molar-refractivity contribution in [1.82, 2.24) is 5.32 Å². The second-order valence-electron chi connectivity index (χ2n) is 4.43. The number of amides is 1. The van der Waals surface area contributed by atoms with Gasteiger partial charge < -0.3 is 5.32 Å². The second-order valence-corrected chi connectivity index (χ2v) is 5.98. The molecule has 7 heteroatoms. The van der Waals surface area contributed by atoms with Crippen LogP contribution < -0.4 is 5.32 Å². The van der Waals surface area contributed by atoms with E-state index in [9.17, 15) is 18.0 Å². The Morgan fingerprint density at radius 2 is 2.05 bits per heavy atom. The molecule has 0 heterocycles. The second kappa shape index (κ2) is 4.87. The van der Waals surface area contributed by atoms with Crippen LogP contribution in [-0.2, 0) is 17.5 Å². The molecule has 0 aliphatic heterocycles. The van der Waals surface area contributed by atoms with Gasteiger partial charge in [-0.3, -0.25) is 4.79 Å². The maximum Gasteiger partial charge on any atom is 0.416 e. The van der Waals surface area contributed by atoms with Gasteiger partial charge in [-0.05, 0) is 24.1 Å². The molecule has 1 N–H and O–H groups in total. The van der Waals surface area contributed by atoms with E-state index in [1.54, 1.807) is 0 Å². The molecule has 1 atom stereocenters. The smallest absolute Gasteiger partial charge is 0.352 e. The highest BCUT2D eigenvalue weighted by Crippen LogP contribution is 2.53. The first-order valence-corrected chi connectivity index (χ1v) is 6.27. The first-order chi connectivity index (χ1) is 8.70. The van der Waals surface area contributed by atoms with Crippen molar-refractivity contribution in [3.8, 4) is 0 Å². The Bertz CT molecular complexity index is 502. The van der Waals surface area contributed by atoms with Gasteiger partial charge in [0, 0.05) is 6.54 Å². The summed E-state index contributed by atoms with van der Waals surface area (Å²) in [6.45, 7) is 0.0170. The first kappa shape index (κ1) is 14.5. The summed E-state index contributed by atoms with van der Waals surface area (Å²) in [5.74, 6) is -0.830. The Hall–Kier alpha value is -0.940. The normalized spacial score (nSPS) is 21.0. The van der Waals surface area contributed by atoms with E-state index in [4.69, 9.17) is 23.2 Å². The third kappa shape index (κ3) is 3.54. The van der Waals surface area contributed by atoms with Crippen LogP contribution in [0.1, 0.15) is 17.5 Å². The molecule has 19 heavy (non-hydrogen) atoms. The third-order valence-corrected chi connectivity index (χ3v) is 3.70. The van der Waals surface area contributed by atoms with Gasteiger partial charge in [-0.1, -0.05) is 12.1 Å². The fraction of sp³-hybridized carbons (Fsp3) is 0.417. The Kier molecular flexibility index (Phi) is 3.71. The van der Waals surface area contributed by atoms with Crippen LogP contribution in [0.15, 0.2) is 24.3 Å². The summed E-state index contributed by atoms with van der Waals surface area (Å²) >= 11 is 11.4. The van der Waals surface area contributed by atoms with E-state index in [1.165, 1.54) is 12.1 Å². The largest absolute Gasteiger partial charge is 0.416 e. The average Bonchev–Trinajstić information content (AvgIpc) is 2.95. The summed E-state index contributed by atoms with van der Waals surface area (Å²) in [5.41, 5.74) is -0.367. The van der Waals surface area contributed by atoms with Crippen molar-refractivity contribution in [2.75, 3.05) is 0 Å². The Morgan fingerprint density at radius 3 is 2.58 bits per heavy atom. The van der Waals surface area contributed by atoms with Crippen LogP contribution >= 0.6 is 23.2 Å². The van der Waals surface area contributed by atoms with Gasteiger partial charge in [0.05, 0.1) is 11.5 Å². The quantitative estimate of drug-likeness (QED) is 0.850. The van der Waals surface area contributed by atoms with Gasteiger partial charge in [0.2, 0.25) is 5.91 Å². The molecule has 2 nitrogen and oxygen atoms in total. The third-order valence-electron chi connectivity index (χ3n) is 2.86. The van der Waals surface area contributed by atoms with Gasteiger partial charge in [-0.15, -0.1) is 23.2 Å². The molecular formula is C12H10Cl2F3NO. The number of halogens is 5. The lowest BCUT2D eigenvalue weighted by atomic mass is 10.1. The molecule has 1 aliphatic rings. The number of hydrogen-bond donors (Lipinski definition) is 1. The fourth-order valence-corrected chi connectivity index (χ4v) is 2.17. The van der Waals surface area contributed by atoms with E-state index in [0.717, 1.165) is 12.1 Å². The number of carbonyl (C=O) groups is 1. The highest BCUT2D eigenvalue weighted by atomic mass is 35.5. The number of rotatable bonds is 3. The minimum atomic E-state index is -4.39. The van der Waals surface area contributed by atoms with Gasteiger partial charge in [0.15, 0.2) is 0 Å². The molecule has 0 spiro atoms. The van der Waals surface area contributed by atoms with Crippen molar-refractivity contribution in [2.45, 2.75) is 23.5 Å². The highest BCUT2D eigenvalue weighted by molar-refractivity contribution is 6.52. The summed E-state index contributed by atoms with van der Waals surface area (Å²) in [7, 11) is 0. The lowest BCUT2D eigenvalue weighted by Crippen LogP contribution is -2.26. The highest BCUT2D eigenvalue weighted by Gasteiger charge is 2.56. The molecule has 1 aliphatic carbocycles. The molecular weight excluding hydrogens is 302 g/mol. The van der Waals surface area contributed by atoms with Gasteiger partial charge in [0.1, 0.15) is 4.33 Å². The molecule has 0 saturated heterocycles. The predicted octanol–water partition coefficient (Wildman–Crippen LogP) is 3.52. The lowest BCUT2D eigenvalue weighted by molar-refractivity contribution is -0.137. The van der Waals surface area contributed by atoms with E-state index in [0.29, 0.717) is 12.0 Å². The topological polar surface area (TPSA) is 29.1 Å². The van der Waals surface area contributed by atoms with E-state index in [2.05, 4.69) is 5.32 Å². The Labute approximate surface area is 117 Å². The van der Waals surface area contributed by atoms with Crippen molar-refractivity contribution in [3.05, 3.63) is 35.4 Å². The molecule has 1 unspecified atom stereocenters. The van der Waals surface area contributed by atoms with Crippen LogP contribution in [-0.4, -0.2) is 10.2 Å². The van der Waals surface area contributed by atoms with Crippen molar-refractivity contribution in [3.63, 3.8) is 0 Å². The number of nitrogens with one attached hydrogen (secondary N) is 1. The molecule has 0 bridgehead atoms. The van der Waals surface area contributed by atoms with E-state index in [-0.39, 0.29) is 12.5 Å². The van der Waals surface area contributed by atoms with Crippen LogP contribution in [0.3, 0.4) is 0 Å². The summed E-state index contributed by atoms with van der Waals surface area (Å²) in [6, 6.07) is 4.79. The number of benzene rings is 1. The van der Waals surface area contributed by atoms with Crippen LogP contribution in [0.5, 0.6) is 0 Å². The van der Waals surface area contributed by atoms with Crippen LogP contribution in [0, 0.1) is 5.92 Å². The summed E-state index contributed by atoms with van der Waals surface area (Å²) in [6.07, 6.45) is -4.03. The fourth-order valence-electron chi connectivity index (χ4n) is 1.67. The maximum absolute atomic E-state index is 12.5. The zero-order chi connectivity index (χ0) is 14.3. The zero-order valence-electron chi connectivity index (χ0n) is 9.60. The molecule has 0 aromatic heterocycles. The van der Waals surface area contributed by atoms with E-state index in [1.807, 2.05) is 0 Å². The minimum Gasteiger partial charge on any atom is -0.352 e. The van der Waals surface area contributed by atoms with Crippen molar-refractivity contribution in [1.29, 1.82) is 0 Å². The van der Waals surface area contributed by atoms with Crippen LogP contribution in [0.2, 0.25) is 0 Å². The standard InChI is InChI=1S/C12H10Cl2F3NO/c13-11(14)5-9(11)10(19)18-6-7-2-1-3-8(4-7)12(15,16)17/h1-4,9H,5-6H2,(H,18,19). The van der Waals surface area contributed by atoms with Crippen molar-refractivity contribution >= 4 is 29.1 Å². The van der Waals surface area contributed by atoms with Gasteiger partial charge >= 0.3 is 6.18 Å². The Morgan fingerprint density at radius 1 is 1.42 bits per heavy atom. The maximum atomic E-state index is 12.5. The zero-order valence-corrected chi connectivity index (χ0v) is 11.1. The lowest BCUT2D eigenvalue weighted by Gasteiger charge is -2.09. The number of carbonyl (C=O) groups excluding carboxylic acids is 1. The van der Waals surface area contributed by atoms with Crippen LogP contribution in [0.4, 0.5) is 13.2 Å². The van der Waals surface area contributed by atoms with Crippen LogP contribution in [0.25, 0.3) is 0 Å². The Balaban J connectivity index is 1.95. The van der Waals surface area contributed by atoms with E-state index >= 15 is 0 Å². The molecule has 1 aromatic rings.